The number of carbonyl (C=O) groups excluding carboxylic acids is 3. The molecule has 0 fully saturated rings. The van der Waals surface area contributed by atoms with Crippen molar-refractivity contribution in [3.05, 3.63) is 100 Å². The molecule has 8 nitrogen and oxygen atoms in total. The molecule has 1 atom stereocenters. The summed E-state index contributed by atoms with van der Waals surface area (Å²) in [7, 11) is 0. The Labute approximate surface area is 203 Å². The van der Waals surface area contributed by atoms with E-state index < -0.39 is 17.9 Å². The second kappa shape index (κ2) is 10.3. The number of carbonyl (C=O) groups is 3. The maximum Gasteiger partial charge on any atom is 0.274 e. The number of para-hydroxylation sites is 1. The first kappa shape index (κ1) is 23.2. The first-order valence-corrected chi connectivity index (χ1v) is 11.2. The van der Waals surface area contributed by atoms with Crippen LogP contribution >= 0.6 is 15.9 Å². The second-order valence-electron chi connectivity index (χ2n) is 7.60. The van der Waals surface area contributed by atoms with Gasteiger partial charge in [0.15, 0.2) is 0 Å². The molecule has 4 rings (SSSR count). The van der Waals surface area contributed by atoms with E-state index in [2.05, 4.69) is 31.5 Å². The molecule has 0 saturated heterocycles. The lowest BCUT2D eigenvalue weighted by Crippen LogP contribution is -2.45. The minimum atomic E-state index is -0.865. The van der Waals surface area contributed by atoms with Crippen molar-refractivity contribution in [2.45, 2.75) is 12.5 Å². The van der Waals surface area contributed by atoms with Crippen LogP contribution in [0.1, 0.15) is 26.3 Å². The van der Waals surface area contributed by atoms with E-state index in [1.165, 1.54) is 12.1 Å². The van der Waals surface area contributed by atoms with Gasteiger partial charge in [-0.1, -0.05) is 34.1 Å². The molecule has 1 heterocycles. The van der Waals surface area contributed by atoms with Crippen molar-refractivity contribution in [2.75, 3.05) is 5.32 Å². The molecule has 0 unspecified atom stereocenters. The van der Waals surface area contributed by atoms with Crippen LogP contribution in [0.15, 0.2) is 83.5 Å². The molecule has 9 heteroatoms. The van der Waals surface area contributed by atoms with Crippen molar-refractivity contribution >= 4 is 50.2 Å². The van der Waals surface area contributed by atoms with Gasteiger partial charge in [-0.2, -0.15) is 0 Å². The summed E-state index contributed by atoms with van der Waals surface area (Å²) in [6.45, 7) is 0. The summed E-state index contributed by atoms with van der Waals surface area (Å²) in [5.74, 6) is -1.44. The molecule has 0 saturated carbocycles. The summed E-state index contributed by atoms with van der Waals surface area (Å²) >= 11 is 3.35. The number of aromatic amines is 1. The highest BCUT2D eigenvalue weighted by Crippen LogP contribution is 2.20. The van der Waals surface area contributed by atoms with Gasteiger partial charge in [0.25, 0.3) is 11.8 Å². The van der Waals surface area contributed by atoms with E-state index in [0.29, 0.717) is 11.3 Å². The van der Waals surface area contributed by atoms with Gasteiger partial charge in [-0.15, -0.1) is 0 Å². The number of anilines is 1. The summed E-state index contributed by atoms with van der Waals surface area (Å²) in [5.41, 5.74) is 4.50. The van der Waals surface area contributed by atoms with Gasteiger partial charge < -0.3 is 15.6 Å². The van der Waals surface area contributed by atoms with Gasteiger partial charge >= 0.3 is 0 Å². The van der Waals surface area contributed by atoms with Crippen LogP contribution in [0.5, 0.6) is 0 Å². The smallest absolute Gasteiger partial charge is 0.274 e. The molecule has 3 amide bonds. The number of rotatable bonds is 7. The summed E-state index contributed by atoms with van der Waals surface area (Å²) < 4.78 is 0.843. The second-order valence-corrected chi connectivity index (χ2v) is 8.52. The highest BCUT2D eigenvalue weighted by molar-refractivity contribution is 9.10. The van der Waals surface area contributed by atoms with E-state index in [9.17, 15) is 14.4 Å². The topological polar surface area (TPSA) is 123 Å². The largest absolute Gasteiger partial charge is 0.361 e. The summed E-state index contributed by atoms with van der Waals surface area (Å²) in [4.78, 5) is 40.8. The number of amides is 3. The van der Waals surface area contributed by atoms with Crippen LogP contribution in [0.4, 0.5) is 5.69 Å². The summed E-state index contributed by atoms with van der Waals surface area (Å²) in [5, 5.41) is 15.3. The Balaban J connectivity index is 1.56. The number of benzene rings is 3. The Morgan fingerprint density at radius 3 is 2.24 bits per heavy atom. The number of halogens is 1. The van der Waals surface area contributed by atoms with E-state index in [1.807, 2.05) is 30.5 Å². The average molecular weight is 521 g/mol. The first-order valence-electron chi connectivity index (χ1n) is 10.4. The van der Waals surface area contributed by atoms with Crippen LogP contribution in [0, 0.1) is 0 Å². The van der Waals surface area contributed by atoms with Crippen LogP contribution in [0.3, 0.4) is 0 Å². The molecule has 0 aliphatic carbocycles. The lowest BCUT2D eigenvalue weighted by atomic mass is 10.0. The molecule has 34 heavy (non-hydrogen) atoms. The zero-order valence-corrected chi connectivity index (χ0v) is 19.4. The lowest BCUT2D eigenvalue weighted by Gasteiger charge is -2.19. The molecule has 4 aromatic rings. The van der Waals surface area contributed by atoms with E-state index in [4.69, 9.17) is 5.21 Å². The monoisotopic (exact) mass is 520 g/mol. The van der Waals surface area contributed by atoms with Crippen molar-refractivity contribution < 1.29 is 19.6 Å². The molecule has 0 bridgehead atoms. The highest BCUT2D eigenvalue weighted by atomic mass is 79.9. The fourth-order valence-corrected chi connectivity index (χ4v) is 3.84. The fourth-order valence-electron chi connectivity index (χ4n) is 3.57. The van der Waals surface area contributed by atoms with Gasteiger partial charge in [-0.05, 0) is 60.2 Å². The van der Waals surface area contributed by atoms with Gasteiger partial charge in [-0.25, -0.2) is 5.48 Å². The number of fused-ring (bicyclic) bond motifs is 1. The van der Waals surface area contributed by atoms with Crippen molar-refractivity contribution in [1.82, 2.24) is 15.8 Å². The summed E-state index contributed by atoms with van der Waals surface area (Å²) in [6.07, 6.45) is 2.10. The van der Waals surface area contributed by atoms with Crippen LogP contribution < -0.4 is 16.1 Å². The predicted octanol–water partition coefficient (Wildman–Crippen LogP) is 4.03. The number of aromatic nitrogens is 1. The third kappa shape index (κ3) is 5.33. The van der Waals surface area contributed by atoms with Gasteiger partial charge in [-0.3, -0.25) is 19.6 Å². The Kier molecular flexibility index (Phi) is 7.05. The maximum absolute atomic E-state index is 13.2. The molecule has 172 valence electrons. The van der Waals surface area contributed by atoms with Crippen molar-refractivity contribution in [3.8, 4) is 0 Å². The zero-order valence-electron chi connectivity index (χ0n) is 17.8. The van der Waals surface area contributed by atoms with Crippen LogP contribution in [0.25, 0.3) is 10.9 Å². The van der Waals surface area contributed by atoms with Gasteiger partial charge in [0.1, 0.15) is 6.04 Å². The molecular weight excluding hydrogens is 500 g/mol. The van der Waals surface area contributed by atoms with Crippen LogP contribution in [-0.2, 0) is 11.2 Å². The minimum Gasteiger partial charge on any atom is -0.361 e. The molecular formula is C25H21BrN4O4. The molecule has 0 spiro atoms. The lowest BCUT2D eigenvalue weighted by molar-refractivity contribution is -0.118. The van der Waals surface area contributed by atoms with Crippen LogP contribution in [0.2, 0.25) is 0 Å². The Morgan fingerprint density at radius 2 is 1.53 bits per heavy atom. The van der Waals surface area contributed by atoms with E-state index in [0.717, 1.165) is 20.9 Å². The van der Waals surface area contributed by atoms with E-state index in [-0.39, 0.29) is 17.9 Å². The standard InChI is InChI=1S/C25H21BrN4O4/c26-18-9-5-15(6-10-18)23(31)29-22(13-17-14-27-21-4-2-1-3-20(17)21)25(33)28-19-11-7-16(8-12-19)24(32)30-34/h1-12,14,22,27,34H,13H2,(H,28,33)(H,29,31)(H,30,32)/t22-/m0/s1. The SMILES string of the molecule is O=C(NO)c1ccc(NC(=O)[C@H](Cc2c[nH]c3ccccc23)NC(=O)c2ccc(Br)cc2)cc1. The van der Waals surface area contributed by atoms with Gasteiger partial charge in [0, 0.05) is 44.8 Å². The molecule has 0 aliphatic heterocycles. The average Bonchev–Trinajstić information content (AvgIpc) is 3.26. The number of hydroxylamine groups is 1. The Bertz CT molecular complexity index is 1330. The molecule has 3 aromatic carbocycles. The van der Waals surface area contributed by atoms with Gasteiger partial charge in [0.05, 0.1) is 0 Å². The van der Waals surface area contributed by atoms with Crippen molar-refractivity contribution in [2.24, 2.45) is 0 Å². The zero-order chi connectivity index (χ0) is 24.1. The fraction of sp³-hybridized carbons (Fsp3) is 0.0800. The molecule has 0 aliphatic rings. The minimum absolute atomic E-state index is 0.236. The number of nitrogens with one attached hydrogen (secondary N) is 4. The van der Waals surface area contributed by atoms with Crippen molar-refractivity contribution in [1.29, 1.82) is 0 Å². The normalized spacial score (nSPS) is 11.6. The quantitative estimate of drug-likeness (QED) is 0.186. The molecule has 0 radical (unpaired) electrons. The van der Waals surface area contributed by atoms with E-state index in [1.54, 1.807) is 41.9 Å². The maximum atomic E-state index is 13.2. The number of H-pyrrole nitrogens is 1. The molecule has 1 aromatic heterocycles. The predicted molar refractivity (Wildman–Crippen MR) is 132 cm³/mol. The molecule has 5 N–H and O–H groups in total. The van der Waals surface area contributed by atoms with E-state index >= 15 is 0 Å². The van der Waals surface area contributed by atoms with Gasteiger partial charge in [0.2, 0.25) is 5.91 Å². The van der Waals surface area contributed by atoms with Crippen molar-refractivity contribution in [3.63, 3.8) is 0 Å². The third-order valence-electron chi connectivity index (χ3n) is 5.34. The summed E-state index contributed by atoms with van der Waals surface area (Å²) in [6, 6.07) is 19.8. The third-order valence-corrected chi connectivity index (χ3v) is 5.87. The first-order chi connectivity index (χ1) is 16.4. The van der Waals surface area contributed by atoms with Crippen LogP contribution in [-0.4, -0.2) is 34.0 Å². The highest BCUT2D eigenvalue weighted by Gasteiger charge is 2.23. The Hall–Kier alpha value is -3.95. The number of hydrogen-bond donors (Lipinski definition) is 5. The Morgan fingerprint density at radius 1 is 0.882 bits per heavy atom. The number of hydrogen-bond acceptors (Lipinski definition) is 4.